The number of carbonyl (C=O) groups is 2. The Morgan fingerprint density at radius 3 is 2.56 bits per heavy atom. The van der Waals surface area contributed by atoms with Crippen LogP contribution in [0.1, 0.15) is 78.1 Å². The summed E-state index contributed by atoms with van der Waals surface area (Å²) in [4.78, 5) is 25.1. The lowest BCUT2D eigenvalue weighted by atomic mass is 9.75. The van der Waals surface area contributed by atoms with Crippen LogP contribution >= 0.6 is 0 Å². The summed E-state index contributed by atoms with van der Waals surface area (Å²) in [7, 11) is 0. The SMILES string of the molecule is CC1(C)CC(=O)c2c(C(F)(F)F)nn(-c3cccc(C(N)=O)c3NC3CCC(OCCO)CC3)c2C1. The van der Waals surface area contributed by atoms with E-state index in [1.54, 1.807) is 6.07 Å². The summed E-state index contributed by atoms with van der Waals surface area (Å²) in [6.07, 6.45) is -1.75. The topological polar surface area (TPSA) is 119 Å². The van der Waals surface area contributed by atoms with Crippen LogP contribution < -0.4 is 11.1 Å². The maximum absolute atomic E-state index is 13.9. The molecule has 2 aromatic rings. The van der Waals surface area contributed by atoms with Crippen molar-refractivity contribution < 1.29 is 32.6 Å². The number of carbonyl (C=O) groups excluding carboxylic acids is 2. The maximum Gasteiger partial charge on any atom is 0.435 e. The van der Waals surface area contributed by atoms with Crippen LogP contribution in [0.25, 0.3) is 5.69 Å². The Morgan fingerprint density at radius 2 is 1.94 bits per heavy atom. The Hall–Kier alpha value is -2.92. The first kappa shape index (κ1) is 26.2. The Morgan fingerprint density at radius 1 is 1.25 bits per heavy atom. The monoisotopic (exact) mass is 508 g/mol. The van der Waals surface area contributed by atoms with Gasteiger partial charge in [-0.2, -0.15) is 18.3 Å². The fraction of sp³-hybridized carbons (Fsp3) is 0.560. The smallest absolute Gasteiger partial charge is 0.394 e. The van der Waals surface area contributed by atoms with E-state index in [-0.39, 0.29) is 55.1 Å². The minimum absolute atomic E-state index is 0.0111. The first-order valence-corrected chi connectivity index (χ1v) is 12.1. The van der Waals surface area contributed by atoms with E-state index in [1.807, 2.05) is 13.8 Å². The van der Waals surface area contributed by atoms with Gasteiger partial charge in [-0.05, 0) is 49.7 Å². The number of para-hydroxylation sites is 1. The molecule has 4 rings (SSSR count). The lowest BCUT2D eigenvalue weighted by Gasteiger charge is -2.31. The number of ether oxygens (including phenoxy) is 1. The van der Waals surface area contributed by atoms with Crippen molar-refractivity contribution in [3.05, 3.63) is 40.7 Å². The van der Waals surface area contributed by atoms with Crippen LogP contribution in [0.5, 0.6) is 0 Å². The molecule has 0 atom stereocenters. The summed E-state index contributed by atoms with van der Waals surface area (Å²) in [5, 5.41) is 16.2. The number of hydrogen-bond donors (Lipinski definition) is 3. The number of nitrogens with one attached hydrogen (secondary N) is 1. The molecule has 0 bridgehead atoms. The molecule has 36 heavy (non-hydrogen) atoms. The van der Waals surface area contributed by atoms with Crippen LogP contribution in [-0.4, -0.2) is 51.9 Å². The predicted octanol–water partition coefficient (Wildman–Crippen LogP) is 3.88. The zero-order valence-electron chi connectivity index (χ0n) is 20.3. The van der Waals surface area contributed by atoms with E-state index < -0.39 is 34.5 Å². The van der Waals surface area contributed by atoms with Crippen molar-refractivity contribution in [2.24, 2.45) is 11.1 Å². The molecule has 0 unspecified atom stereocenters. The fourth-order valence-electron chi connectivity index (χ4n) is 5.22. The highest BCUT2D eigenvalue weighted by Crippen LogP contribution is 2.43. The molecule has 1 aromatic carbocycles. The summed E-state index contributed by atoms with van der Waals surface area (Å²) in [6.45, 7) is 3.86. The van der Waals surface area contributed by atoms with Crippen LogP contribution in [0.4, 0.5) is 18.9 Å². The van der Waals surface area contributed by atoms with E-state index in [1.165, 1.54) is 12.1 Å². The molecule has 8 nitrogen and oxygen atoms in total. The Kier molecular flexibility index (Phi) is 7.16. The van der Waals surface area contributed by atoms with Gasteiger partial charge in [0, 0.05) is 12.5 Å². The van der Waals surface area contributed by atoms with Crippen LogP contribution in [0, 0.1) is 5.41 Å². The second kappa shape index (κ2) is 9.85. The number of halogens is 3. The standard InChI is InChI=1S/C25H31F3N4O4/c1-24(2)12-18-20(19(34)13-24)22(25(26,27)28)31-32(18)17-5-3-4-16(23(29)35)21(17)30-14-6-8-15(9-7-14)36-11-10-33/h3-5,14-15,30,33H,6-13H2,1-2H3,(H2,29,35). The van der Waals surface area contributed by atoms with E-state index >= 15 is 0 Å². The number of anilines is 1. The number of benzene rings is 1. The first-order chi connectivity index (χ1) is 16.9. The van der Waals surface area contributed by atoms with Crippen molar-refractivity contribution in [2.45, 2.75) is 70.7 Å². The minimum Gasteiger partial charge on any atom is -0.394 e. The molecule has 1 aromatic heterocycles. The van der Waals surface area contributed by atoms with Crippen LogP contribution in [0.3, 0.4) is 0 Å². The van der Waals surface area contributed by atoms with E-state index in [0.717, 1.165) is 17.5 Å². The van der Waals surface area contributed by atoms with Crippen LogP contribution in [-0.2, 0) is 17.3 Å². The number of Topliss-reactive ketones (excluding diaryl/α,β-unsaturated/α-hetero) is 1. The lowest BCUT2D eigenvalue weighted by Crippen LogP contribution is -2.32. The molecule has 1 saturated carbocycles. The van der Waals surface area contributed by atoms with Crippen molar-refractivity contribution in [3.8, 4) is 5.69 Å². The zero-order chi connectivity index (χ0) is 26.3. The number of aliphatic hydroxyl groups is 1. The largest absolute Gasteiger partial charge is 0.435 e. The van der Waals surface area contributed by atoms with Crippen molar-refractivity contribution in [1.82, 2.24) is 9.78 Å². The Labute approximate surface area is 207 Å². The van der Waals surface area contributed by atoms with Gasteiger partial charge in [-0.1, -0.05) is 19.9 Å². The number of hydrogen-bond acceptors (Lipinski definition) is 6. The van der Waals surface area contributed by atoms with Crippen molar-refractivity contribution in [2.75, 3.05) is 18.5 Å². The number of rotatable bonds is 7. The summed E-state index contributed by atoms with van der Waals surface area (Å²) in [6, 6.07) is 4.55. The highest BCUT2D eigenvalue weighted by Gasteiger charge is 2.45. The third-order valence-corrected chi connectivity index (χ3v) is 6.82. The number of primary amides is 1. The third-order valence-electron chi connectivity index (χ3n) is 6.82. The maximum atomic E-state index is 13.9. The molecule has 2 aliphatic rings. The minimum atomic E-state index is -4.81. The molecular formula is C25H31F3N4O4. The highest BCUT2D eigenvalue weighted by molar-refractivity contribution is 6.02. The van der Waals surface area contributed by atoms with Gasteiger partial charge >= 0.3 is 6.18 Å². The molecule has 0 spiro atoms. The van der Waals surface area contributed by atoms with E-state index in [2.05, 4.69) is 10.4 Å². The molecule has 1 amide bonds. The molecule has 196 valence electrons. The summed E-state index contributed by atoms with van der Waals surface area (Å²) >= 11 is 0. The molecule has 2 aliphatic carbocycles. The summed E-state index contributed by atoms with van der Waals surface area (Å²) in [5.74, 6) is -1.32. The summed E-state index contributed by atoms with van der Waals surface area (Å²) in [5.41, 5.74) is 4.30. The highest BCUT2D eigenvalue weighted by atomic mass is 19.4. The number of aromatic nitrogens is 2. The van der Waals surface area contributed by atoms with Crippen molar-refractivity contribution in [1.29, 1.82) is 0 Å². The van der Waals surface area contributed by atoms with E-state index in [0.29, 0.717) is 18.5 Å². The van der Waals surface area contributed by atoms with Gasteiger partial charge in [0.15, 0.2) is 11.5 Å². The van der Waals surface area contributed by atoms with Crippen molar-refractivity contribution >= 4 is 17.4 Å². The Balaban J connectivity index is 1.77. The number of amides is 1. The number of alkyl halides is 3. The first-order valence-electron chi connectivity index (χ1n) is 12.1. The molecule has 1 fully saturated rings. The van der Waals surface area contributed by atoms with Gasteiger partial charge < -0.3 is 20.9 Å². The van der Waals surface area contributed by atoms with Gasteiger partial charge in [0.25, 0.3) is 5.91 Å². The molecule has 0 radical (unpaired) electrons. The fourth-order valence-corrected chi connectivity index (χ4v) is 5.22. The van der Waals surface area contributed by atoms with E-state index in [9.17, 15) is 22.8 Å². The number of aliphatic hydroxyl groups excluding tert-OH is 1. The molecule has 1 heterocycles. The Bertz CT molecular complexity index is 1150. The third kappa shape index (κ3) is 5.27. The average Bonchev–Trinajstić information content (AvgIpc) is 3.17. The molecule has 11 heteroatoms. The zero-order valence-corrected chi connectivity index (χ0v) is 20.3. The molecule has 0 aliphatic heterocycles. The van der Waals surface area contributed by atoms with Crippen LogP contribution in [0.2, 0.25) is 0 Å². The number of fused-ring (bicyclic) bond motifs is 1. The normalized spacial score (nSPS) is 21.8. The quantitative estimate of drug-likeness (QED) is 0.522. The van der Waals surface area contributed by atoms with Gasteiger partial charge in [-0.25, -0.2) is 4.68 Å². The second-order valence-corrected chi connectivity index (χ2v) is 10.3. The average molecular weight is 509 g/mol. The number of ketones is 1. The molecular weight excluding hydrogens is 477 g/mol. The number of nitrogens with two attached hydrogens (primary N) is 1. The lowest BCUT2D eigenvalue weighted by molar-refractivity contribution is -0.141. The number of nitrogens with zero attached hydrogens (tertiary/aromatic N) is 2. The second-order valence-electron chi connectivity index (χ2n) is 10.3. The van der Waals surface area contributed by atoms with Gasteiger partial charge in [-0.3, -0.25) is 9.59 Å². The predicted molar refractivity (Wildman–Crippen MR) is 126 cm³/mol. The van der Waals surface area contributed by atoms with Crippen LogP contribution in [0.15, 0.2) is 18.2 Å². The van der Waals surface area contributed by atoms with Gasteiger partial charge in [0.1, 0.15) is 0 Å². The van der Waals surface area contributed by atoms with Gasteiger partial charge in [-0.15, -0.1) is 0 Å². The van der Waals surface area contributed by atoms with Crippen molar-refractivity contribution in [3.63, 3.8) is 0 Å². The van der Waals surface area contributed by atoms with E-state index in [4.69, 9.17) is 15.6 Å². The summed E-state index contributed by atoms with van der Waals surface area (Å²) < 4.78 is 48.6. The van der Waals surface area contributed by atoms with Gasteiger partial charge in [0.05, 0.1) is 47.5 Å². The molecule has 0 saturated heterocycles. The molecule has 4 N–H and O–H groups in total. The van der Waals surface area contributed by atoms with Gasteiger partial charge in [0.2, 0.25) is 0 Å².